The second-order valence-electron chi connectivity index (χ2n) is 5.79. The third-order valence-corrected chi connectivity index (χ3v) is 4.12. The fourth-order valence-corrected chi connectivity index (χ4v) is 2.76. The Balaban J connectivity index is 1.85. The molecule has 0 N–H and O–H groups in total. The number of carboxylic acid groups (broad SMARTS) is 1. The van der Waals surface area contributed by atoms with Gasteiger partial charge in [-0.05, 0) is 42.0 Å². The smallest absolute Gasteiger partial charge is 0.132 e. The quantitative estimate of drug-likeness (QED) is 0.648. The van der Waals surface area contributed by atoms with Crippen molar-refractivity contribution in [3.63, 3.8) is 0 Å². The van der Waals surface area contributed by atoms with Gasteiger partial charge in [-0.2, -0.15) is 0 Å². The largest absolute Gasteiger partial charge is 0.545 e. The van der Waals surface area contributed by atoms with Crippen LogP contribution >= 0.6 is 11.6 Å². The molecule has 0 saturated heterocycles. The number of carboxylic acids is 1. The Kier molecular flexibility index (Phi) is 5.66. The highest BCUT2D eigenvalue weighted by Gasteiger charge is 2.12. The highest BCUT2D eigenvalue weighted by Crippen LogP contribution is 2.27. The molecule has 0 aliphatic heterocycles. The number of carbonyl (C=O) groups is 1. The number of pyridine rings is 1. The van der Waals surface area contributed by atoms with Gasteiger partial charge in [-0.25, -0.2) is 8.78 Å². The van der Waals surface area contributed by atoms with Gasteiger partial charge in [0.15, 0.2) is 0 Å². The number of benzene rings is 2. The summed E-state index contributed by atoms with van der Waals surface area (Å²) in [5.74, 6) is -2.35. The monoisotopic (exact) mass is 388 g/mol. The normalized spacial score (nSPS) is 10.6. The van der Waals surface area contributed by atoms with Gasteiger partial charge in [-0.3, -0.25) is 4.98 Å². The third kappa shape index (κ3) is 4.60. The molecule has 7 heteroatoms. The summed E-state index contributed by atoms with van der Waals surface area (Å²) in [5, 5.41) is 11.4. The molecule has 0 unspecified atom stereocenters. The molecule has 2 aromatic carbocycles. The number of rotatable bonds is 6. The van der Waals surface area contributed by atoms with Gasteiger partial charge < -0.3 is 14.6 Å². The summed E-state index contributed by atoms with van der Waals surface area (Å²) in [6, 6.07) is 9.84. The Morgan fingerprint density at radius 3 is 2.56 bits per heavy atom. The van der Waals surface area contributed by atoms with E-state index in [0.29, 0.717) is 21.9 Å². The summed E-state index contributed by atoms with van der Waals surface area (Å²) < 4.78 is 33.1. The van der Waals surface area contributed by atoms with Crippen molar-refractivity contribution in [2.45, 2.75) is 13.0 Å². The average molecular weight is 389 g/mol. The lowest BCUT2D eigenvalue weighted by atomic mass is 10.0. The van der Waals surface area contributed by atoms with Crippen molar-refractivity contribution in [1.82, 2.24) is 4.98 Å². The minimum atomic E-state index is -1.33. The van der Waals surface area contributed by atoms with E-state index in [1.165, 1.54) is 24.5 Å². The van der Waals surface area contributed by atoms with Crippen molar-refractivity contribution in [3.05, 3.63) is 93.8 Å². The molecule has 0 amide bonds. The molecule has 0 aliphatic carbocycles. The van der Waals surface area contributed by atoms with Crippen LogP contribution in [0.4, 0.5) is 8.78 Å². The van der Waals surface area contributed by atoms with E-state index >= 15 is 0 Å². The van der Waals surface area contributed by atoms with Crippen LogP contribution in [-0.2, 0) is 13.0 Å². The average Bonchev–Trinajstić information content (AvgIpc) is 2.63. The fraction of sp³-hybridized carbons (Fsp3) is 0.100. The molecular weight excluding hydrogens is 376 g/mol. The van der Waals surface area contributed by atoms with E-state index in [0.717, 1.165) is 12.1 Å². The molecule has 1 heterocycles. The maximum atomic E-state index is 13.8. The number of aromatic carboxylic acids is 1. The number of hydrogen-bond acceptors (Lipinski definition) is 4. The first-order valence-electron chi connectivity index (χ1n) is 7.93. The standard InChI is InChI=1S/C20H14ClF2NO3/c21-15-4-5-19(27-11-16-17(22)2-1-3-18(16)23)13(8-15)6-12-7-14(20(25)26)10-24-9-12/h1-5,7-10H,6,11H2,(H,25,26)/p-1. The van der Waals surface area contributed by atoms with Gasteiger partial charge in [-0.15, -0.1) is 0 Å². The predicted molar refractivity (Wildman–Crippen MR) is 93.5 cm³/mol. The molecule has 0 saturated carbocycles. The Hall–Kier alpha value is -2.99. The van der Waals surface area contributed by atoms with Gasteiger partial charge >= 0.3 is 0 Å². The lowest BCUT2D eigenvalue weighted by molar-refractivity contribution is -0.255. The van der Waals surface area contributed by atoms with Gasteiger partial charge in [0.2, 0.25) is 0 Å². The molecule has 0 atom stereocenters. The van der Waals surface area contributed by atoms with E-state index in [1.54, 1.807) is 18.2 Å². The van der Waals surface area contributed by atoms with Crippen molar-refractivity contribution in [2.75, 3.05) is 0 Å². The zero-order valence-corrected chi connectivity index (χ0v) is 14.7. The zero-order chi connectivity index (χ0) is 19.4. The van der Waals surface area contributed by atoms with Crippen LogP contribution in [0.1, 0.15) is 27.0 Å². The van der Waals surface area contributed by atoms with Crippen molar-refractivity contribution in [1.29, 1.82) is 0 Å². The molecule has 0 spiro atoms. The second-order valence-corrected chi connectivity index (χ2v) is 6.22. The van der Waals surface area contributed by atoms with Gasteiger partial charge in [0.05, 0.1) is 11.5 Å². The zero-order valence-electron chi connectivity index (χ0n) is 13.9. The highest BCUT2D eigenvalue weighted by molar-refractivity contribution is 6.30. The van der Waals surface area contributed by atoms with Gasteiger partial charge in [0, 0.05) is 35.0 Å². The topological polar surface area (TPSA) is 62.2 Å². The number of hydrogen-bond donors (Lipinski definition) is 0. The Bertz CT molecular complexity index is 974. The molecule has 138 valence electrons. The summed E-state index contributed by atoms with van der Waals surface area (Å²) >= 11 is 6.04. The van der Waals surface area contributed by atoms with Crippen LogP contribution in [0, 0.1) is 11.6 Å². The maximum Gasteiger partial charge on any atom is 0.132 e. The second kappa shape index (κ2) is 8.14. The van der Waals surface area contributed by atoms with Crippen molar-refractivity contribution in [3.8, 4) is 5.75 Å². The molecule has 0 aliphatic rings. The van der Waals surface area contributed by atoms with Crippen molar-refractivity contribution in [2.24, 2.45) is 0 Å². The van der Waals surface area contributed by atoms with Crippen LogP contribution in [-0.4, -0.2) is 11.0 Å². The Morgan fingerprint density at radius 2 is 1.85 bits per heavy atom. The van der Waals surface area contributed by atoms with Crippen LogP contribution < -0.4 is 9.84 Å². The maximum absolute atomic E-state index is 13.8. The summed E-state index contributed by atoms with van der Waals surface area (Å²) in [4.78, 5) is 14.9. The van der Waals surface area contributed by atoms with Gasteiger partial charge in [0.25, 0.3) is 0 Å². The number of ether oxygens (including phenoxy) is 1. The summed E-state index contributed by atoms with van der Waals surface area (Å²) in [6.45, 7) is -0.301. The van der Waals surface area contributed by atoms with E-state index in [-0.39, 0.29) is 24.2 Å². The molecule has 0 radical (unpaired) electrons. The lowest BCUT2D eigenvalue weighted by Gasteiger charge is -2.13. The lowest BCUT2D eigenvalue weighted by Crippen LogP contribution is -2.22. The van der Waals surface area contributed by atoms with Crippen LogP contribution in [0.25, 0.3) is 0 Å². The van der Waals surface area contributed by atoms with E-state index in [2.05, 4.69) is 4.98 Å². The molecule has 27 heavy (non-hydrogen) atoms. The SMILES string of the molecule is O=C([O-])c1cncc(Cc2cc(Cl)ccc2OCc2c(F)cccc2F)c1. The summed E-state index contributed by atoms with van der Waals surface area (Å²) in [7, 11) is 0. The van der Waals surface area contributed by atoms with Crippen molar-refractivity contribution >= 4 is 17.6 Å². The number of halogens is 3. The summed E-state index contributed by atoms with van der Waals surface area (Å²) in [6.07, 6.45) is 2.96. The van der Waals surface area contributed by atoms with Crippen LogP contribution in [0.5, 0.6) is 5.75 Å². The van der Waals surface area contributed by atoms with Crippen LogP contribution in [0.3, 0.4) is 0 Å². The molecule has 0 bridgehead atoms. The van der Waals surface area contributed by atoms with E-state index in [4.69, 9.17) is 16.3 Å². The number of nitrogens with zero attached hydrogens (tertiary/aromatic N) is 1. The van der Waals surface area contributed by atoms with E-state index in [1.807, 2.05) is 0 Å². The molecular formula is C20H13ClF2NO3-. The predicted octanol–water partition coefficient (Wildman–Crippen LogP) is 3.55. The van der Waals surface area contributed by atoms with Gasteiger partial charge in [0.1, 0.15) is 24.0 Å². The first-order valence-corrected chi connectivity index (χ1v) is 8.31. The third-order valence-electron chi connectivity index (χ3n) is 3.88. The molecule has 4 nitrogen and oxygen atoms in total. The van der Waals surface area contributed by atoms with Gasteiger partial charge in [-0.1, -0.05) is 17.7 Å². The minimum Gasteiger partial charge on any atom is -0.545 e. The Morgan fingerprint density at radius 1 is 1.11 bits per heavy atom. The van der Waals surface area contributed by atoms with Crippen molar-refractivity contribution < 1.29 is 23.4 Å². The molecule has 3 aromatic rings. The fourth-order valence-electron chi connectivity index (χ4n) is 2.56. The molecule has 1 aromatic heterocycles. The van der Waals surface area contributed by atoms with E-state index in [9.17, 15) is 18.7 Å². The van der Waals surface area contributed by atoms with Crippen LogP contribution in [0.15, 0.2) is 54.9 Å². The Labute approximate surface area is 159 Å². The molecule has 3 rings (SSSR count). The molecule has 0 fully saturated rings. The van der Waals surface area contributed by atoms with Crippen LogP contribution in [0.2, 0.25) is 5.02 Å². The number of carbonyl (C=O) groups excluding carboxylic acids is 1. The minimum absolute atomic E-state index is 0.0505. The first kappa shape index (κ1) is 18.8. The number of aromatic nitrogens is 1. The first-order chi connectivity index (χ1) is 12.9. The summed E-state index contributed by atoms with van der Waals surface area (Å²) in [5.41, 5.74) is 0.988. The highest BCUT2D eigenvalue weighted by atomic mass is 35.5. The van der Waals surface area contributed by atoms with E-state index < -0.39 is 17.6 Å².